The summed E-state index contributed by atoms with van der Waals surface area (Å²) in [6.07, 6.45) is 0. The minimum Gasteiger partial charge on any atom is -0.498 e. The Balaban J connectivity index is 3.12. The van der Waals surface area contributed by atoms with Crippen LogP contribution in [0.3, 0.4) is 0 Å². The molecule has 0 saturated heterocycles. The van der Waals surface area contributed by atoms with Crippen LogP contribution in [0.5, 0.6) is 0 Å². The van der Waals surface area contributed by atoms with Gasteiger partial charge >= 0.3 is 6.07 Å². The van der Waals surface area contributed by atoms with Crippen LogP contribution >= 0.6 is 11.6 Å². The predicted molar refractivity (Wildman–Crippen MR) is 45.9 cm³/mol. The summed E-state index contributed by atoms with van der Waals surface area (Å²) in [5.74, 6) is 0. The van der Waals surface area contributed by atoms with E-state index in [2.05, 4.69) is 11.1 Å². The zero-order valence-electron chi connectivity index (χ0n) is 5.97. The van der Waals surface area contributed by atoms with E-state index in [0.717, 1.165) is 5.56 Å². The molecule has 1 aromatic rings. The van der Waals surface area contributed by atoms with Gasteiger partial charge in [0.1, 0.15) is 5.56 Å². The number of nitrogens with zero attached hydrogens (tertiary/aromatic N) is 1. The minimum atomic E-state index is 0.607. The van der Waals surface area contributed by atoms with Gasteiger partial charge < -0.3 is 5.21 Å². The van der Waals surface area contributed by atoms with Crippen molar-refractivity contribution >= 4 is 11.6 Å². The molecular weight excluding hydrogens is 162 g/mol. The lowest BCUT2D eigenvalue weighted by Gasteiger charge is -1.93. The summed E-state index contributed by atoms with van der Waals surface area (Å²) in [5, 5.41) is 12.9. The summed E-state index contributed by atoms with van der Waals surface area (Å²) in [6, 6.07) is 7.47. The third kappa shape index (κ3) is 1.86. The summed E-state index contributed by atoms with van der Waals surface area (Å²) >= 11 is 5.77. The molecule has 0 aliphatic carbocycles. The maximum absolute atomic E-state index is 9.77. The van der Waals surface area contributed by atoms with Gasteiger partial charge in [0, 0.05) is 10.0 Å². The molecule has 0 bridgehead atoms. The van der Waals surface area contributed by atoms with Crippen LogP contribution in [0.4, 0.5) is 0 Å². The molecule has 0 heterocycles. The van der Waals surface area contributed by atoms with Crippen molar-refractivity contribution in [1.82, 2.24) is 0 Å². The molecule has 0 saturated carbocycles. The molecule has 56 valence electrons. The Bertz CT molecular complexity index is 325. The highest BCUT2D eigenvalue weighted by Crippen LogP contribution is 2.15. The lowest BCUT2D eigenvalue weighted by molar-refractivity contribution is 1.46. The smallest absolute Gasteiger partial charge is 0.336 e. The second kappa shape index (κ2) is 3.27. The number of rotatable bonds is 0. The Morgan fingerprint density at radius 2 is 2.27 bits per heavy atom. The first-order valence-electron chi connectivity index (χ1n) is 3.08. The van der Waals surface area contributed by atoms with E-state index < -0.39 is 0 Å². The van der Waals surface area contributed by atoms with Crippen LogP contribution in [0.2, 0.25) is 5.02 Å². The van der Waals surface area contributed by atoms with Gasteiger partial charge in [-0.05, 0) is 24.6 Å². The van der Waals surface area contributed by atoms with Crippen molar-refractivity contribution < 1.29 is 0 Å². The zero-order valence-corrected chi connectivity index (χ0v) is 6.72. The van der Waals surface area contributed by atoms with Crippen molar-refractivity contribution in [3.8, 4) is 6.07 Å². The van der Waals surface area contributed by atoms with Gasteiger partial charge in [-0.15, -0.1) is 0 Å². The fourth-order valence-corrected chi connectivity index (χ4v) is 0.896. The molecule has 0 atom stereocenters. The molecule has 0 unspecified atom stereocenters. The molecule has 0 N–H and O–H groups in total. The Labute approximate surface area is 69.8 Å². The number of aryl methyl sites for hydroxylation is 1. The highest BCUT2D eigenvalue weighted by atomic mass is 35.5. The third-order valence-electron chi connectivity index (χ3n) is 1.35. The number of hydrogen-bond donors (Lipinski definition) is 0. The highest BCUT2D eigenvalue weighted by Gasteiger charge is 1.98. The summed E-state index contributed by atoms with van der Waals surface area (Å²) in [4.78, 5) is 0. The minimum absolute atomic E-state index is 0.607. The number of halogens is 1. The molecule has 0 fully saturated rings. The van der Waals surface area contributed by atoms with Crippen LogP contribution in [0, 0.1) is 18.2 Å². The van der Waals surface area contributed by atoms with Crippen LogP contribution in [0.1, 0.15) is 11.1 Å². The van der Waals surface area contributed by atoms with Crippen molar-refractivity contribution in [2.24, 2.45) is 0 Å². The molecule has 0 aliphatic heterocycles. The number of hydrogen-bond acceptors (Lipinski definition) is 1. The topological polar surface area (TPSA) is 27.4 Å². The molecule has 11 heavy (non-hydrogen) atoms. The molecule has 0 radical (unpaired) electrons. The van der Waals surface area contributed by atoms with Gasteiger partial charge in [-0.3, -0.25) is 0 Å². The second-order valence-corrected chi connectivity index (χ2v) is 2.57. The molecule has 0 amide bonds. The Morgan fingerprint density at radius 1 is 1.55 bits per heavy atom. The van der Waals surface area contributed by atoms with Crippen LogP contribution in [0.25, 0.3) is 5.01 Å². The summed E-state index contributed by atoms with van der Waals surface area (Å²) in [5.41, 5.74) is 1.58. The zero-order chi connectivity index (χ0) is 8.27. The molecule has 1 aromatic carbocycles. The van der Waals surface area contributed by atoms with Gasteiger partial charge in [-0.2, -0.15) is 0 Å². The summed E-state index contributed by atoms with van der Waals surface area (Å²) < 4.78 is 0. The van der Waals surface area contributed by atoms with E-state index >= 15 is 0 Å². The first-order chi connectivity index (χ1) is 5.24. The fourth-order valence-electron chi connectivity index (χ4n) is 0.715. The van der Waals surface area contributed by atoms with E-state index in [0.29, 0.717) is 10.6 Å². The molecule has 0 aromatic heterocycles. The SMILES string of the molecule is Cc1ccc(C#[N+][O-])cc1Cl. The Kier molecular flexibility index (Phi) is 2.35. The second-order valence-electron chi connectivity index (χ2n) is 2.17. The predicted octanol–water partition coefficient (Wildman–Crippen LogP) is 2.83. The molecule has 0 aliphatic rings. The van der Waals surface area contributed by atoms with Crippen LogP contribution in [0.15, 0.2) is 18.2 Å². The Hall–Kier alpha value is -1.20. The molecular formula is C8H6ClNO. The van der Waals surface area contributed by atoms with Crippen LogP contribution in [-0.2, 0) is 0 Å². The van der Waals surface area contributed by atoms with Gasteiger partial charge in [0.25, 0.3) is 0 Å². The first kappa shape index (κ1) is 7.90. The van der Waals surface area contributed by atoms with Crippen molar-refractivity contribution in [2.75, 3.05) is 0 Å². The van der Waals surface area contributed by atoms with E-state index in [9.17, 15) is 5.21 Å². The third-order valence-corrected chi connectivity index (χ3v) is 1.75. The van der Waals surface area contributed by atoms with Crippen molar-refractivity contribution in [3.63, 3.8) is 0 Å². The van der Waals surface area contributed by atoms with Crippen molar-refractivity contribution in [2.45, 2.75) is 6.92 Å². The monoisotopic (exact) mass is 167 g/mol. The van der Waals surface area contributed by atoms with Gasteiger partial charge in [0.2, 0.25) is 0 Å². The quantitative estimate of drug-likeness (QED) is 0.546. The average Bonchev–Trinajstić information content (AvgIpc) is 1.98. The maximum atomic E-state index is 9.77. The van der Waals surface area contributed by atoms with Crippen molar-refractivity contribution in [1.29, 1.82) is 0 Å². The van der Waals surface area contributed by atoms with E-state index in [1.807, 2.05) is 13.0 Å². The largest absolute Gasteiger partial charge is 0.498 e. The van der Waals surface area contributed by atoms with Gasteiger partial charge in [0.15, 0.2) is 0 Å². The lowest BCUT2D eigenvalue weighted by Crippen LogP contribution is -1.77. The van der Waals surface area contributed by atoms with Crippen molar-refractivity contribution in [3.05, 3.63) is 44.6 Å². The summed E-state index contributed by atoms with van der Waals surface area (Å²) in [7, 11) is 0. The van der Waals surface area contributed by atoms with E-state index in [1.54, 1.807) is 12.1 Å². The van der Waals surface area contributed by atoms with Gasteiger partial charge in [0.05, 0.1) is 0 Å². The van der Waals surface area contributed by atoms with Gasteiger partial charge in [-0.25, -0.2) is 0 Å². The molecule has 0 spiro atoms. The molecule has 1 rings (SSSR count). The normalized spacial score (nSPS) is 8.55. The highest BCUT2D eigenvalue weighted by molar-refractivity contribution is 6.31. The average molecular weight is 168 g/mol. The molecule has 2 nitrogen and oxygen atoms in total. The standard InChI is InChI=1S/C8H6ClNO/c1-6-2-3-7(5-10-11)4-8(6)9/h2-4H,1H3. The molecule has 3 heteroatoms. The van der Waals surface area contributed by atoms with E-state index in [-0.39, 0.29) is 0 Å². The van der Waals surface area contributed by atoms with Gasteiger partial charge in [-0.1, -0.05) is 17.7 Å². The number of benzene rings is 1. The Morgan fingerprint density at radius 3 is 2.82 bits per heavy atom. The lowest BCUT2D eigenvalue weighted by atomic mass is 10.2. The van der Waals surface area contributed by atoms with E-state index in [4.69, 9.17) is 11.6 Å². The van der Waals surface area contributed by atoms with Crippen LogP contribution in [-0.4, -0.2) is 0 Å². The maximum Gasteiger partial charge on any atom is 0.336 e. The first-order valence-corrected chi connectivity index (χ1v) is 3.46. The fraction of sp³-hybridized carbons (Fsp3) is 0.125. The van der Waals surface area contributed by atoms with E-state index in [1.165, 1.54) is 0 Å². The van der Waals surface area contributed by atoms with Crippen LogP contribution < -0.4 is 0 Å². The summed E-state index contributed by atoms with van der Waals surface area (Å²) in [6.45, 7) is 1.89.